The van der Waals surface area contributed by atoms with Gasteiger partial charge in [0.25, 0.3) is 0 Å². The standard InChI is InChI=1S/C53H37N/c1-4-19-44(20-5-1)53(45-21-6-2-7-22-45)51-26-13-12-25-49(51)50-34-33-48(37-52(50)53)54(46-23-8-3-9-24-46)47-31-29-39(30-32-47)41-17-14-18-42(35-41)43-28-27-38-15-10-11-16-40(38)36-43/h1-37H. The van der Waals surface area contributed by atoms with Gasteiger partial charge in [-0.1, -0.05) is 176 Å². The first-order chi connectivity index (χ1) is 26.8. The summed E-state index contributed by atoms with van der Waals surface area (Å²) >= 11 is 0. The zero-order chi connectivity index (χ0) is 35.9. The molecule has 0 saturated carbocycles. The predicted molar refractivity (Wildman–Crippen MR) is 227 cm³/mol. The number of rotatable bonds is 7. The molecule has 1 nitrogen and oxygen atoms in total. The first kappa shape index (κ1) is 31.7. The van der Waals surface area contributed by atoms with Crippen LogP contribution >= 0.6 is 0 Å². The fourth-order valence-corrected chi connectivity index (χ4v) is 8.65. The maximum Gasteiger partial charge on any atom is 0.0714 e. The summed E-state index contributed by atoms with van der Waals surface area (Å²) in [6, 6.07) is 81.9. The Labute approximate surface area is 317 Å². The maximum atomic E-state index is 2.43. The van der Waals surface area contributed by atoms with E-state index >= 15 is 0 Å². The van der Waals surface area contributed by atoms with E-state index in [9.17, 15) is 0 Å². The lowest BCUT2D eigenvalue weighted by Gasteiger charge is -2.35. The van der Waals surface area contributed by atoms with Crippen molar-refractivity contribution in [3.8, 4) is 33.4 Å². The highest BCUT2D eigenvalue weighted by molar-refractivity contribution is 5.90. The average Bonchev–Trinajstić information content (AvgIpc) is 3.55. The minimum Gasteiger partial charge on any atom is -0.310 e. The van der Waals surface area contributed by atoms with Crippen LogP contribution in [0.1, 0.15) is 22.3 Å². The summed E-state index contributed by atoms with van der Waals surface area (Å²) in [4.78, 5) is 2.39. The summed E-state index contributed by atoms with van der Waals surface area (Å²) in [6.45, 7) is 0. The smallest absolute Gasteiger partial charge is 0.0714 e. The van der Waals surface area contributed by atoms with Crippen molar-refractivity contribution in [3.05, 3.63) is 247 Å². The maximum absolute atomic E-state index is 2.43. The van der Waals surface area contributed by atoms with Crippen molar-refractivity contribution in [2.24, 2.45) is 0 Å². The monoisotopic (exact) mass is 687 g/mol. The molecule has 9 aromatic rings. The van der Waals surface area contributed by atoms with Crippen molar-refractivity contribution in [3.63, 3.8) is 0 Å². The minimum absolute atomic E-state index is 0.466. The zero-order valence-corrected chi connectivity index (χ0v) is 29.8. The van der Waals surface area contributed by atoms with Crippen molar-refractivity contribution >= 4 is 27.8 Å². The van der Waals surface area contributed by atoms with E-state index in [1.807, 2.05) is 0 Å². The number of anilines is 3. The van der Waals surface area contributed by atoms with Gasteiger partial charge in [0, 0.05) is 17.1 Å². The van der Waals surface area contributed by atoms with Gasteiger partial charge in [0.2, 0.25) is 0 Å². The van der Waals surface area contributed by atoms with Crippen LogP contribution in [0.3, 0.4) is 0 Å². The fourth-order valence-electron chi connectivity index (χ4n) is 8.65. The molecular formula is C53H37N. The molecule has 10 rings (SSSR count). The van der Waals surface area contributed by atoms with Crippen LogP contribution in [0.5, 0.6) is 0 Å². The van der Waals surface area contributed by atoms with E-state index < -0.39 is 5.41 Å². The molecule has 0 bridgehead atoms. The molecule has 0 unspecified atom stereocenters. The molecule has 0 aliphatic heterocycles. The molecule has 254 valence electrons. The van der Waals surface area contributed by atoms with Gasteiger partial charge in [-0.2, -0.15) is 0 Å². The molecule has 0 radical (unpaired) electrons. The molecule has 0 atom stereocenters. The SMILES string of the molecule is c1ccc(N(c2ccc(-c3cccc(-c4ccc5ccccc5c4)c3)cc2)c2ccc3c(c2)C(c2ccccc2)(c2ccccc2)c2ccccc2-3)cc1. The Morgan fingerprint density at radius 3 is 1.52 bits per heavy atom. The van der Waals surface area contributed by atoms with Crippen LogP contribution < -0.4 is 4.90 Å². The van der Waals surface area contributed by atoms with E-state index in [0.29, 0.717) is 0 Å². The van der Waals surface area contributed by atoms with Gasteiger partial charge in [-0.05, 0) is 115 Å². The predicted octanol–water partition coefficient (Wildman–Crippen LogP) is 14.0. The largest absolute Gasteiger partial charge is 0.310 e. The van der Waals surface area contributed by atoms with Gasteiger partial charge in [0.05, 0.1) is 5.41 Å². The third kappa shape index (κ3) is 5.25. The Morgan fingerprint density at radius 2 is 0.796 bits per heavy atom. The average molecular weight is 688 g/mol. The number of para-hydroxylation sites is 1. The highest BCUT2D eigenvalue weighted by Gasteiger charge is 2.46. The van der Waals surface area contributed by atoms with E-state index in [-0.39, 0.29) is 0 Å². The molecule has 1 aliphatic rings. The molecule has 0 spiro atoms. The second-order valence-electron chi connectivity index (χ2n) is 14.1. The Hall–Kier alpha value is -6.96. The fraction of sp³-hybridized carbons (Fsp3) is 0.0189. The topological polar surface area (TPSA) is 3.24 Å². The second kappa shape index (κ2) is 13.2. The summed E-state index contributed by atoms with van der Waals surface area (Å²) in [6.07, 6.45) is 0. The first-order valence-corrected chi connectivity index (χ1v) is 18.7. The summed E-state index contributed by atoms with van der Waals surface area (Å²) < 4.78 is 0. The number of hydrogen-bond acceptors (Lipinski definition) is 1. The van der Waals surface area contributed by atoms with Crippen LogP contribution in [-0.2, 0) is 5.41 Å². The van der Waals surface area contributed by atoms with Gasteiger partial charge >= 0.3 is 0 Å². The third-order valence-electron chi connectivity index (χ3n) is 11.1. The number of hydrogen-bond donors (Lipinski definition) is 0. The van der Waals surface area contributed by atoms with Crippen molar-refractivity contribution in [2.75, 3.05) is 4.90 Å². The molecule has 0 N–H and O–H groups in total. The van der Waals surface area contributed by atoms with E-state index in [0.717, 1.165) is 17.1 Å². The van der Waals surface area contributed by atoms with Crippen molar-refractivity contribution < 1.29 is 0 Å². The Balaban J connectivity index is 1.09. The quantitative estimate of drug-likeness (QED) is 0.161. The second-order valence-corrected chi connectivity index (χ2v) is 14.1. The van der Waals surface area contributed by atoms with Gasteiger partial charge in [-0.3, -0.25) is 0 Å². The molecule has 0 aromatic heterocycles. The molecule has 0 fully saturated rings. The summed E-state index contributed by atoms with van der Waals surface area (Å²) in [5.74, 6) is 0. The lowest BCUT2D eigenvalue weighted by atomic mass is 9.67. The van der Waals surface area contributed by atoms with Crippen molar-refractivity contribution in [1.29, 1.82) is 0 Å². The normalized spacial score (nSPS) is 12.6. The van der Waals surface area contributed by atoms with Gasteiger partial charge in [-0.25, -0.2) is 0 Å². The van der Waals surface area contributed by atoms with Gasteiger partial charge in [0.1, 0.15) is 0 Å². The lowest BCUT2D eigenvalue weighted by molar-refractivity contribution is 0.768. The molecule has 0 saturated heterocycles. The molecule has 1 heteroatoms. The van der Waals surface area contributed by atoms with E-state index in [1.54, 1.807) is 0 Å². The van der Waals surface area contributed by atoms with Crippen molar-refractivity contribution in [2.45, 2.75) is 5.41 Å². The van der Waals surface area contributed by atoms with Crippen LogP contribution in [0.15, 0.2) is 224 Å². The Morgan fingerprint density at radius 1 is 0.278 bits per heavy atom. The van der Waals surface area contributed by atoms with Crippen LogP contribution in [-0.4, -0.2) is 0 Å². The highest BCUT2D eigenvalue weighted by Crippen LogP contribution is 2.57. The number of benzene rings is 9. The van der Waals surface area contributed by atoms with E-state index in [4.69, 9.17) is 0 Å². The van der Waals surface area contributed by atoms with Crippen LogP contribution in [0.2, 0.25) is 0 Å². The molecule has 1 aliphatic carbocycles. The number of nitrogens with zero attached hydrogens (tertiary/aromatic N) is 1. The molecule has 54 heavy (non-hydrogen) atoms. The minimum atomic E-state index is -0.466. The zero-order valence-electron chi connectivity index (χ0n) is 29.8. The molecule has 0 amide bonds. The summed E-state index contributed by atoms with van der Waals surface area (Å²) in [5.41, 5.74) is 15.4. The number of fused-ring (bicyclic) bond motifs is 4. The Bertz CT molecular complexity index is 2710. The summed E-state index contributed by atoms with van der Waals surface area (Å²) in [5, 5.41) is 2.51. The molecule has 0 heterocycles. The van der Waals surface area contributed by atoms with Gasteiger partial charge in [-0.15, -0.1) is 0 Å². The molecular weight excluding hydrogens is 651 g/mol. The van der Waals surface area contributed by atoms with Crippen LogP contribution in [0.25, 0.3) is 44.2 Å². The van der Waals surface area contributed by atoms with E-state index in [1.165, 1.54) is 66.4 Å². The first-order valence-electron chi connectivity index (χ1n) is 18.7. The Kier molecular flexibility index (Phi) is 7.78. The summed E-state index contributed by atoms with van der Waals surface area (Å²) in [7, 11) is 0. The van der Waals surface area contributed by atoms with Crippen LogP contribution in [0.4, 0.5) is 17.1 Å². The highest BCUT2D eigenvalue weighted by atomic mass is 15.1. The van der Waals surface area contributed by atoms with Gasteiger partial charge in [0.15, 0.2) is 0 Å². The van der Waals surface area contributed by atoms with Crippen molar-refractivity contribution in [1.82, 2.24) is 0 Å². The lowest BCUT2D eigenvalue weighted by Crippen LogP contribution is -2.28. The van der Waals surface area contributed by atoms with Crippen LogP contribution in [0, 0.1) is 0 Å². The van der Waals surface area contributed by atoms with Gasteiger partial charge < -0.3 is 4.90 Å². The van der Waals surface area contributed by atoms with E-state index in [2.05, 4.69) is 229 Å². The third-order valence-corrected chi connectivity index (χ3v) is 11.1. The molecule has 9 aromatic carbocycles.